The zero-order valence-corrected chi connectivity index (χ0v) is 7.04. The molecule has 0 aliphatic rings. The van der Waals surface area contributed by atoms with Gasteiger partial charge in [0.15, 0.2) is 0 Å². The first-order valence-corrected chi connectivity index (χ1v) is 3.48. The van der Waals surface area contributed by atoms with Gasteiger partial charge in [-0.15, -0.1) is 0 Å². The van der Waals surface area contributed by atoms with Crippen LogP contribution in [0.3, 0.4) is 0 Å². The Balaban J connectivity index is 4.08. The summed E-state index contributed by atoms with van der Waals surface area (Å²) < 4.78 is 4.09. The third-order valence-corrected chi connectivity index (χ3v) is 1.25. The first kappa shape index (κ1) is 12.0. The van der Waals surface area contributed by atoms with E-state index in [1.54, 1.807) is 0 Å². The van der Waals surface area contributed by atoms with Gasteiger partial charge in [-0.2, -0.15) is 0 Å². The first-order valence-electron chi connectivity index (χ1n) is 3.48. The Morgan fingerprint density at radius 3 is 2.08 bits per heavy atom. The molecule has 0 fully saturated rings. The van der Waals surface area contributed by atoms with E-state index in [0.717, 1.165) is 0 Å². The van der Waals surface area contributed by atoms with Crippen LogP contribution in [0.4, 0.5) is 0 Å². The maximum absolute atomic E-state index is 10.8. The van der Waals surface area contributed by atoms with Crippen molar-refractivity contribution in [2.45, 2.75) is 25.6 Å². The monoisotopic (exact) mass is 192 g/mol. The number of rotatable bonds is 4. The third-order valence-electron chi connectivity index (χ3n) is 1.25. The molecule has 0 saturated carbocycles. The first-order chi connectivity index (χ1) is 5.86. The predicted molar refractivity (Wildman–Crippen MR) is 41.1 cm³/mol. The molecule has 0 amide bonds. The van der Waals surface area contributed by atoms with Gasteiger partial charge in [0.2, 0.25) is 6.29 Å². The number of aliphatic hydroxyl groups is 4. The molecule has 0 spiro atoms. The summed E-state index contributed by atoms with van der Waals surface area (Å²) in [7, 11) is 0. The molecule has 0 aromatic heterocycles. The lowest BCUT2D eigenvalue weighted by Crippen LogP contribution is -2.32. The normalized spacial score (nSPS) is 15.2. The molecule has 0 saturated heterocycles. The van der Waals surface area contributed by atoms with Crippen molar-refractivity contribution < 1.29 is 30.0 Å². The van der Waals surface area contributed by atoms with E-state index in [1.165, 1.54) is 6.92 Å². The Hall–Kier alpha value is -0.950. The fraction of sp³-hybridized carbons (Fsp3) is 0.571. The van der Waals surface area contributed by atoms with E-state index in [2.05, 4.69) is 11.3 Å². The molecule has 6 heteroatoms. The zero-order chi connectivity index (χ0) is 10.6. The summed E-state index contributed by atoms with van der Waals surface area (Å²) in [6.07, 6.45) is -5.33. The molecule has 4 N–H and O–H groups in total. The summed E-state index contributed by atoms with van der Waals surface area (Å²) >= 11 is 0. The second-order valence-electron chi connectivity index (χ2n) is 2.41. The second-order valence-corrected chi connectivity index (χ2v) is 2.41. The molecule has 2 unspecified atom stereocenters. The van der Waals surface area contributed by atoms with Crippen LogP contribution in [0.15, 0.2) is 12.2 Å². The lowest BCUT2D eigenvalue weighted by Gasteiger charge is -2.15. The molecule has 0 aliphatic heterocycles. The van der Waals surface area contributed by atoms with Gasteiger partial charge >= 0.3 is 5.97 Å². The summed E-state index contributed by atoms with van der Waals surface area (Å²) in [6.45, 7) is 4.45. The van der Waals surface area contributed by atoms with Crippen LogP contribution in [0.5, 0.6) is 0 Å². The van der Waals surface area contributed by atoms with Gasteiger partial charge in [0, 0.05) is 0 Å². The summed E-state index contributed by atoms with van der Waals surface area (Å²) in [5.41, 5.74) is -0.278. The average Bonchev–Trinajstić information content (AvgIpc) is 2.02. The van der Waals surface area contributed by atoms with Gasteiger partial charge < -0.3 is 25.2 Å². The number of hydrogen-bond acceptors (Lipinski definition) is 6. The topological polar surface area (TPSA) is 107 Å². The van der Waals surface area contributed by atoms with Crippen LogP contribution in [0.1, 0.15) is 6.92 Å². The van der Waals surface area contributed by atoms with Gasteiger partial charge in [0.25, 0.3) is 6.29 Å². The second kappa shape index (κ2) is 4.93. The third kappa shape index (κ3) is 4.00. The highest BCUT2D eigenvalue weighted by Crippen LogP contribution is 2.04. The van der Waals surface area contributed by atoms with E-state index >= 15 is 0 Å². The maximum Gasteiger partial charge on any atom is 0.338 e. The van der Waals surface area contributed by atoms with Crippen LogP contribution in [-0.2, 0) is 9.53 Å². The molecule has 13 heavy (non-hydrogen) atoms. The van der Waals surface area contributed by atoms with Crippen molar-refractivity contribution in [3.63, 3.8) is 0 Å². The van der Waals surface area contributed by atoms with E-state index < -0.39 is 24.7 Å². The number of esters is 1. The van der Waals surface area contributed by atoms with Gasteiger partial charge in [-0.05, 0) is 6.92 Å². The molecular formula is C7H12O6. The molecular weight excluding hydrogens is 180 g/mol. The highest BCUT2D eigenvalue weighted by molar-refractivity contribution is 5.88. The van der Waals surface area contributed by atoms with Crippen molar-refractivity contribution in [2.24, 2.45) is 0 Å². The van der Waals surface area contributed by atoms with Crippen molar-refractivity contribution in [3.05, 3.63) is 12.2 Å². The minimum Gasteiger partial charge on any atom is -0.427 e. The van der Waals surface area contributed by atoms with Crippen LogP contribution in [-0.4, -0.2) is 45.1 Å². The Morgan fingerprint density at radius 2 is 1.77 bits per heavy atom. The van der Waals surface area contributed by atoms with Crippen LogP contribution in [0, 0.1) is 0 Å². The smallest absolute Gasteiger partial charge is 0.338 e. The van der Waals surface area contributed by atoms with Crippen LogP contribution in [0.2, 0.25) is 0 Å². The quantitative estimate of drug-likeness (QED) is 0.235. The predicted octanol–water partition coefficient (Wildman–Crippen LogP) is -1.90. The molecule has 76 valence electrons. The molecule has 0 aromatic carbocycles. The zero-order valence-electron chi connectivity index (χ0n) is 7.04. The van der Waals surface area contributed by atoms with Crippen LogP contribution >= 0.6 is 0 Å². The Labute approximate surface area is 74.7 Å². The van der Waals surface area contributed by atoms with Gasteiger partial charge in [0.05, 0.1) is 11.7 Å². The number of ether oxygens (including phenoxy) is 1. The molecule has 0 bridgehead atoms. The highest BCUT2D eigenvalue weighted by atomic mass is 16.7. The average molecular weight is 192 g/mol. The van der Waals surface area contributed by atoms with Gasteiger partial charge in [-0.3, -0.25) is 0 Å². The lowest BCUT2D eigenvalue weighted by atomic mass is 10.2. The van der Waals surface area contributed by atoms with Crippen molar-refractivity contribution in [3.8, 4) is 0 Å². The lowest BCUT2D eigenvalue weighted by molar-refractivity contribution is -0.227. The number of hydrogen-bond donors (Lipinski definition) is 4. The molecule has 0 aromatic rings. The van der Waals surface area contributed by atoms with E-state index in [-0.39, 0.29) is 5.57 Å². The Morgan fingerprint density at radius 1 is 1.31 bits per heavy atom. The van der Waals surface area contributed by atoms with E-state index in [1.807, 2.05) is 0 Å². The fourth-order valence-electron chi connectivity index (χ4n) is 0.417. The molecule has 0 radical (unpaired) electrons. The fourth-order valence-corrected chi connectivity index (χ4v) is 0.417. The minimum atomic E-state index is -2.18. The van der Waals surface area contributed by atoms with E-state index in [4.69, 9.17) is 20.4 Å². The van der Waals surface area contributed by atoms with Crippen LogP contribution in [0.25, 0.3) is 0 Å². The summed E-state index contributed by atoms with van der Waals surface area (Å²) in [4.78, 5) is 10.8. The van der Waals surface area contributed by atoms with Crippen molar-refractivity contribution in [1.82, 2.24) is 0 Å². The highest BCUT2D eigenvalue weighted by Gasteiger charge is 2.21. The molecule has 2 atom stereocenters. The number of carbonyl (C=O) groups excluding carboxylic acids is 1. The number of aliphatic hydroxyl groups excluding tert-OH is 3. The summed E-state index contributed by atoms with van der Waals surface area (Å²) in [6, 6.07) is 0. The molecule has 0 heterocycles. The summed E-state index contributed by atoms with van der Waals surface area (Å²) in [5.74, 6) is -1.09. The van der Waals surface area contributed by atoms with Crippen molar-refractivity contribution in [1.29, 1.82) is 0 Å². The van der Waals surface area contributed by atoms with Gasteiger partial charge in [-0.1, -0.05) is 6.58 Å². The van der Waals surface area contributed by atoms with Crippen molar-refractivity contribution in [2.75, 3.05) is 0 Å². The Bertz CT molecular complexity index is 197. The molecule has 0 aliphatic carbocycles. The molecule has 6 nitrogen and oxygen atoms in total. The van der Waals surface area contributed by atoms with Gasteiger partial charge in [0.1, 0.15) is 0 Å². The van der Waals surface area contributed by atoms with Gasteiger partial charge in [-0.25, -0.2) is 4.79 Å². The van der Waals surface area contributed by atoms with Crippen LogP contribution < -0.4 is 0 Å². The van der Waals surface area contributed by atoms with E-state index in [0.29, 0.717) is 0 Å². The minimum absolute atomic E-state index is 0.278. The number of carbonyl (C=O) groups is 1. The SMILES string of the molecule is C=C(C(=O)OC(O)C(O)O)C(C)O. The summed E-state index contributed by atoms with van der Waals surface area (Å²) in [5, 5.41) is 34.2. The standard InChI is InChI=1S/C7H12O6/c1-3(4(2)8)6(11)13-7(12)5(9)10/h4-5,7-10,12H,1H2,2H3. The Kier molecular flexibility index (Phi) is 4.57. The van der Waals surface area contributed by atoms with E-state index in [9.17, 15) is 4.79 Å². The largest absolute Gasteiger partial charge is 0.427 e. The maximum atomic E-state index is 10.8. The molecule has 0 rings (SSSR count). The van der Waals surface area contributed by atoms with Crippen molar-refractivity contribution >= 4 is 5.97 Å².